The second-order valence-corrected chi connectivity index (χ2v) is 5.91. The average Bonchev–Trinajstić information content (AvgIpc) is 2.69. The van der Waals surface area contributed by atoms with Crippen molar-refractivity contribution in [1.29, 1.82) is 0 Å². The molecule has 0 fully saturated rings. The van der Waals surface area contributed by atoms with Crippen LogP contribution in [0.15, 0.2) is 48.5 Å². The number of hydrogen-bond acceptors (Lipinski definition) is 1. The Labute approximate surface area is 128 Å². The van der Waals surface area contributed by atoms with E-state index in [0.29, 0.717) is 5.75 Å². The highest BCUT2D eigenvalue weighted by atomic mass is 16.3. The number of phenolic OH excluding ortho intramolecular Hbond substituents is 1. The third kappa shape index (κ3) is 3.47. The summed E-state index contributed by atoms with van der Waals surface area (Å²) in [7, 11) is 0. The van der Waals surface area contributed by atoms with E-state index in [4.69, 9.17) is 0 Å². The van der Waals surface area contributed by atoms with Crippen LogP contribution in [0, 0.1) is 0 Å². The molecule has 1 atom stereocenters. The van der Waals surface area contributed by atoms with Gasteiger partial charge in [0.05, 0.1) is 0 Å². The number of phenols is 1. The number of rotatable bonds is 1. The van der Waals surface area contributed by atoms with Crippen LogP contribution in [0.1, 0.15) is 50.3 Å². The lowest BCUT2D eigenvalue weighted by molar-refractivity contribution is 0.427. The zero-order valence-electron chi connectivity index (χ0n) is 13.4. The molecule has 0 aliphatic heterocycles. The van der Waals surface area contributed by atoms with E-state index in [1.807, 2.05) is 13.8 Å². The molecule has 1 nitrogen and oxygen atoms in total. The van der Waals surface area contributed by atoms with E-state index in [1.54, 1.807) is 12.1 Å². The largest absolute Gasteiger partial charge is 0.508 e. The van der Waals surface area contributed by atoms with Crippen molar-refractivity contribution in [2.45, 2.75) is 51.9 Å². The number of fused-ring (bicyclic) bond motifs is 1. The third-order valence-corrected chi connectivity index (χ3v) is 4.44. The van der Waals surface area contributed by atoms with Crippen LogP contribution < -0.4 is 0 Å². The van der Waals surface area contributed by atoms with Crippen molar-refractivity contribution < 1.29 is 5.11 Å². The van der Waals surface area contributed by atoms with Crippen LogP contribution in [0.5, 0.6) is 5.75 Å². The molecule has 0 heterocycles. The molecule has 0 radical (unpaired) electrons. The molecule has 0 bridgehead atoms. The summed E-state index contributed by atoms with van der Waals surface area (Å²) in [6.45, 7) is 6.35. The van der Waals surface area contributed by atoms with Gasteiger partial charge in [-0.05, 0) is 59.9 Å². The highest BCUT2D eigenvalue weighted by Crippen LogP contribution is 2.37. The molecule has 2 aromatic rings. The van der Waals surface area contributed by atoms with Gasteiger partial charge in [-0.3, -0.25) is 0 Å². The Bertz CT molecular complexity index is 571. The summed E-state index contributed by atoms with van der Waals surface area (Å²) in [5, 5.41) is 9.45. The van der Waals surface area contributed by atoms with E-state index in [0.717, 1.165) is 6.42 Å². The van der Waals surface area contributed by atoms with E-state index in [2.05, 4.69) is 43.3 Å². The smallest absolute Gasteiger partial charge is 0.115 e. The van der Waals surface area contributed by atoms with Gasteiger partial charge in [0.2, 0.25) is 0 Å². The molecule has 1 heteroatoms. The van der Waals surface area contributed by atoms with Crippen molar-refractivity contribution in [2.75, 3.05) is 0 Å². The Morgan fingerprint density at radius 3 is 2.19 bits per heavy atom. The van der Waals surface area contributed by atoms with Crippen LogP contribution >= 0.6 is 0 Å². The first kappa shape index (κ1) is 15.6. The van der Waals surface area contributed by atoms with Crippen molar-refractivity contribution in [3.63, 3.8) is 0 Å². The first-order valence-electron chi connectivity index (χ1n) is 8.04. The molecule has 1 unspecified atom stereocenters. The van der Waals surface area contributed by atoms with Crippen molar-refractivity contribution in [2.24, 2.45) is 0 Å². The van der Waals surface area contributed by atoms with Crippen LogP contribution in [0.2, 0.25) is 0 Å². The lowest BCUT2D eigenvalue weighted by atomic mass is 9.75. The van der Waals surface area contributed by atoms with Crippen LogP contribution in [0.3, 0.4) is 0 Å². The Hall–Kier alpha value is -1.76. The summed E-state index contributed by atoms with van der Waals surface area (Å²) in [6.07, 6.45) is 4.71. The topological polar surface area (TPSA) is 20.2 Å². The summed E-state index contributed by atoms with van der Waals surface area (Å²) in [5.74, 6) is 0.348. The number of hydrogen-bond donors (Lipinski definition) is 1. The van der Waals surface area contributed by atoms with Gasteiger partial charge in [0.1, 0.15) is 5.75 Å². The summed E-state index contributed by atoms with van der Waals surface area (Å²) in [5.41, 5.74) is 4.50. The molecule has 0 amide bonds. The summed E-state index contributed by atoms with van der Waals surface area (Å²) < 4.78 is 0. The molecule has 0 spiro atoms. The number of benzene rings is 2. The molecule has 0 saturated heterocycles. The maximum atomic E-state index is 9.45. The van der Waals surface area contributed by atoms with Gasteiger partial charge < -0.3 is 5.11 Å². The molecule has 1 aliphatic rings. The van der Waals surface area contributed by atoms with Gasteiger partial charge in [-0.2, -0.15) is 0 Å². The normalized spacial score (nSPS) is 20.7. The SMILES string of the molecule is CC.CC1(c2ccc(O)cc2)CCCc2ccccc2C1. The Balaban J connectivity index is 0.000000774. The van der Waals surface area contributed by atoms with Gasteiger partial charge in [0.25, 0.3) is 0 Å². The predicted octanol–water partition coefficient (Wildman–Crippen LogP) is 5.26. The van der Waals surface area contributed by atoms with E-state index >= 15 is 0 Å². The fraction of sp³-hybridized carbons (Fsp3) is 0.400. The minimum absolute atomic E-state index is 0.181. The second-order valence-electron chi connectivity index (χ2n) is 5.91. The predicted molar refractivity (Wildman–Crippen MR) is 89.9 cm³/mol. The fourth-order valence-corrected chi connectivity index (χ4v) is 3.26. The highest BCUT2D eigenvalue weighted by Gasteiger charge is 2.29. The van der Waals surface area contributed by atoms with Crippen LogP contribution in [0.25, 0.3) is 0 Å². The van der Waals surface area contributed by atoms with E-state index in [-0.39, 0.29) is 5.41 Å². The van der Waals surface area contributed by atoms with E-state index in [9.17, 15) is 5.11 Å². The molecule has 3 rings (SSSR count). The third-order valence-electron chi connectivity index (χ3n) is 4.44. The van der Waals surface area contributed by atoms with Crippen molar-refractivity contribution in [1.82, 2.24) is 0 Å². The second kappa shape index (κ2) is 6.80. The molecule has 1 N–H and O–H groups in total. The highest BCUT2D eigenvalue weighted by molar-refractivity contribution is 5.37. The molecular weight excluding hydrogens is 256 g/mol. The van der Waals surface area contributed by atoms with Gasteiger partial charge in [0.15, 0.2) is 0 Å². The Kier molecular flexibility index (Phi) is 5.06. The maximum absolute atomic E-state index is 9.45. The van der Waals surface area contributed by atoms with Gasteiger partial charge in [-0.15, -0.1) is 0 Å². The summed E-state index contributed by atoms with van der Waals surface area (Å²) in [4.78, 5) is 0. The molecule has 1 aliphatic carbocycles. The number of aryl methyl sites for hydroxylation is 1. The molecule has 0 aromatic heterocycles. The van der Waals surface area contributed by atoms with Gasteiger partial charge in [0, 0.05) is 0 Å². The Morgan fingerprint density at radius 1 is 0.905 bits per heavy atom. The molecule has 2 aromatic carbocycles. The summed E-state index contributed by atoms with van der Waals surface area (Å²) >= 11 is 0. The Morgan fingerprint density at radius 2 is 1.52 bits per heavy atom. The quantitative estimate of drug-likeness (QED) is 0.708. The maximum Gasteiger partial charge on any atom is 0.115 e. The lowest BCUT2D eigenvalue weighted by Crippen LogP contribution is -2.24. The molecular formula is C20H26O. The van der Waals surface area contributed by atoms with Crippen molar-refractivity contribution in [3.8, 4) is 5.75 Å². The number of aromatic hydroxyl groups is 1. The zero-order valence-corrected chi connectivity index (χ0v) is 13.4. The van der Waals surface area contributed by atoms with Gasteiger partial charge >= 0.3 is 0 Å². The lowest BCUT2D eigenvalue weighted by Gasteiger charge is -2.29. The molecule has 0 saturated carbocycles. The van der Waals surface area contributed by atoms with Crippen molar-refractivity contribution >= 4 is 0 Å². The van der Waals surface area contributed by atoms with E-state index in [1.165, 1.54) is 36.0 Å². The monoisotopic (exact) mass is 282 g/mol. The zero-order chi connectivity index (χ0) is 15.3. The van der Waals surface area contributed by atoms with Gasteiger partial charge in [-0.25, -0.2) is 0 Å². The first-order chi connectivity index (χ1) is 10.2. The van der Waals surface area contributed by atoms with Crippen molar-refractivity contribution in [3.05, 3.63) is 65.2 Å². The summed E-state index contributed by atoms with van der Waals surface area (Å²) in [6, 6.07) is 16.6. The minimum atomic E-state index is 0.181. The molecule has 112 valence electrons. The molecule has 21 heavy (non-hydrogen) atoms. The average molecular weight is 282 g/mol. The van der Waals surface area contributed by atoms with Crippen LogP contribution in [-0.4, -0.2) is 5.11 Å². The minimum Gasteiger partial charge on any atom is -0.508 e. The van der Waals surface area contributed by atoms with Gasteiger partial charge in [-0.1, -0.05) is 57.2 Å². The van der Waals surface area contributed by atoms with E-state index < -0.39 is 0 Å². The van der Waals surface area contributed by atoms with Crippen LogP contribution in [-0.2, 0) is 18.3 Å². The van der Waals surface area contributed by atoms with Crippen LogP contribution in [0.4, 0.5) is 0 Å². The fourth-order valence-electron chi connectivity index (χ4n) is 3.26. The first-order valence-corrected chi connectivity index (χ1v) is 8.04. The standard InChI is InChI=1S/C18H20O.C2H6/c1-18(16-8-10-17(19)11-9-16)12-4-7-14-5-2-3-6-15(14)13-18;1-2/h2-3,5-6,8-11,19H,4,7,12-13H2,1H3;1-2H3.